The van der Waals surface area contributed by atoms with E-state index in [-0.39, 0.29) is 18.8 Å². The van der Waals surface area contributed by atoms with Crippen LogP contribution in [0.1, 0.15) is 16.9 Å². The predicted octanol–water partition coefficient (Wildman–Crippen LogP) is 4.46. The van der Waals surface area contributed by atoms with Gasteiger partial charge in [-0.25, -0.2) is 8.42 Å². The third-order valence-corrected chi connectivity index (χ3v) is 6.71. The second-order valence-electron chi connectivity index (χ2n) is 6.76. The van der Waals surface area contributed by atoms with Crippen LogP contribution in [0, 0.1) is 0 Å². The van der Waals surface area contributed by atoms with Crippen molar-refractivity contribution in [3.8, 4) is 0 Å². The number of hydrogen-bond acceptors (Lipinski definition) is 4. The highest BCUT2D eigenvalue weighted by atomic mass is 35.5. The van der Waals surface area contributed by atoms with Crippen LogP contribution in [0.4, 0.5) is 13.2 Å². The Labute approximate surface area is 187 Å². The molecule has 3 aromatic rings. The molecule has 0 saturated heterocycles. The van der Waals surface area contributed by atoms with Gasteiger partial charge >= 0.3 is 6.18 Å². The number of benzene rings is 2. The molecule has 1 amide bonds. The summed E-state index contributed by atoms with van der Waals surface area (Å²) in [5.74, 6) is -0.445. The van der Waals surface area contributed by atoms with Gasteiger partial charge in [-0.15, -0.1) is 0 Å². The molecule has 0 aliphatic rings. The summed E-state index contributed by atoms with van der Waals surface area (Å²) in [5.41, 5.74) is -0.380. The first-order chi connectivity index (χ1) is 15.1. The first-order valence-electron chi connectivity index (χ1n) is 9.27. The van der Waals surface area contributed by atoms with Gasteiger partial charge in [0.05, 0.1) is 29.9 Å². The second-order valence-corrected chi connectivity index (χ2v) is 9.07. The molecule has 2 aromatic carbocycles. The normalized spacial score (nSPS) is 12.2. The Morgan fingerprint density at radius 1 is 1.06 bits per heavy atom. The van der Waals surface area contributed by atoms with E-state index in [1.807, 2.05) is 6.07 Å². The number of furan rings is 1. The zero-order valence-electron chi connectivity index (χ0n) is 16.5. The number of sulfonamides is 1. The van der Waals surface area contributed by atoms with Gasteiger partial charge in [0.15, 0.2) is 0 Å². The molecule has 1 aromatic heterocycles. The summed E-state index contributed by atoms with van der Waals surface area (Å²) in [6.45, 7) is -0.873. The topological polar surface area (TPSA) is 79.6 Å². The van der Waals surface area contributed by atoms with Crippen LogP contribution in [0.5, 0.6) is 0 Å². The lowest BCUT2D eigenvalue weighted by Crippen LogP contribution is -2.40. The molecule has 0 radical (unpaired) electrons. The van der Waals surface area contributed by atoms with E-state index in [1.54, 1.807) is 24.3 Å². The molecule has 1 N–H and O–H groups in total. The van der Waals surface area contributed by atoms with Gasteiger partial charge < -0.3 is 9.73 Å². The fraction of sp³-hybridized carbons (Fsp3) is 0.190. The Kier molecular flexibility index (Phi) is 7.27. The summed E-state index contributed by atoms with van der Waals surface area (Å²) in [6.07, 6.45) is -3.46. The quantitative estimate of drug-likeness (QED) is 0.510. The number of nitrogens with zero attached hydrogens (tertiary/aromatic N) is 1. The minimum absolute atomic E-state index is 0.151. The van der Waals surface area contributed by atoms with Gasteiger partial charge in [0, 0.05) is 6.54 Å². The molecule has 1 heterocycles. The molecule has 11 heteroatoms. The highest BCUT2D eigenvalue weighted by molar-refractivity contribution is 7.89. The molecule has 0 aliphatic carbocycles. The molecule has 32 heavy (non-hydrogen) atoms. The van der Waals surface area contributed by atoms with Crippen molar-refractivity contribution in [3.05, 3.63) is 88.8 Å². The second kappa shape index (κ2) is 9.76. The molecule has 0 saturated carbocycles. The van der Waals surface area contributed by atoms with Crippen LogP contribution in [0.25, 0.3) is 0 Å². The van der Waals surface area contributed by atoms with Crippen LogP contribution in [0.2, 0.25) is 5.02 Å². The highest BCUT2D eigenvalue weighted by Gasteiger charge is 2.35. The number of halogens is 4. The number of carbonyl (C=O) groups is 1. The molecule has 0 unspecified atom stereocenters. The van der Waals surface area contributed by atoms with Crippen LogP contribution >= 0.6 is 11.6 Å². The fourth-order valence-corrected chi connectivity index (χ4v) is 4.69. The SMILES string of the molecule is O=C(CN(Cc1ccco1)S(=O)(=O)c1cc(C(F)(F)F)ccc1Cl)NCc1ccccc1. The molecule has 0 atom stereocenters. The Morgan fingerprint density at radius 3 is 2.41 bits per heavy atom. The maximum absolute atomic E-state index is 13.2. The molecule has 170 valence electrons. The lowest BCUT2D eigenvalue weighted by molar-refractivity contribution is -0.137. The average Bonchev–Trinajstić information content (AvgIpc) is 3.25. The molecule has 0 aliphatic heterocycles. The van der Waals surface area contributed by atoms with Crippen LogP contribution in [0.3, 0.4) is 0 Å². The zero-order chi connectivity index (χ0) is 23.4. The minimum atomic E-state index is -4.77. The summed E-state index contributed by atoms with van der Waals surface area (Å²) in [7, 11) is -4.59. The number of carbonyl (C=O) groups excluding carboxylic acids is 1. The number of amides is 1. The van der Waals surface area contributed by atoms with Crippen molar-refractivity contribution in [1.82, 2.24) is 9.62 Å². The first-order valence-corrected chi connectivity index (χ1v) is 11.1. The Bertz CT molecular complexity index is 1170. The van der Waals surface area contributed by atoms with Crippen molar-refractivity contribution < 1.29 is 30.8 Å². The highest BCUT2D eigenvalue weighted by Crippen LogP contribution is 2.34. The molecule has 6 nitrogen and oxygen atoms in total. The van der Waals surface area contributed by atoms with Crippen LogP contribution in [0.15, 0.2) is 76.2 Å². The summed E-state index contributed by atoms with van der Waals surface area (Å²) >= 11 is 5.94. The lowest BCUT2D eigenvalue weighted by Gasteiger charge is -2.22. The van der Waals surface area contributed by atoms with Gasteiger partial charge in [0.2, 0.25) is 15.9 Å². The minimum Gasteiger partial charge on any atom is -0.468 e. The van der Waals surface area contributed by atoms with Gasteiger partial charge in [-0.3, -0.25) is 4.79 Å². The van der Waals surface area contributed by atoms with E-state index in [0.29, 0.717) is 16.4 Å². The van der Waals surface area contributed by atoms with Crippen molar-refractivity contribution >= 4 is 27.5 Å². The zero-order valence-corrected chi connectivity index (χ0v) is 18.0. The van der Waals surface area contributed by atoms with Crippen LogP contribution in [-0.2, 0) is 34.1 Å². The van der Waals surface area contributed by atoms with E-state index in [0.717, 1.165) is 11.6 Å². The van der Waals surface area contributed by atoms with Crippen molar-refractivity contribution in [1.29, 1.82) is 0 Å². The Balaban J connectivity index is 1.88. The van der Waals surface area contributed by atoms with E-state index in [2.05, 4.69) is 5.32 Å². The van der Waals surface area contributed by atoms with Gasteiger partial charge in [0.1, 0.15) is 10.7 Å². The molecule has 0 bridgehead atoms. The van der Waals surface area contributed by atoms with Crippen molar-refractivity contribution in [2.24, 2.45) is 0 Å². The van der Waals surface area contributed by atoms with Crippen molar-refractivity contribution in [2.75, 3.05) is 6.54 Å². The van der Waals surface area contributed by atoms with Crippen molar-refractivity contribution in [3.63, 3.8) is 0 Å². The third-order valence-electron chi connectivity index (χ3n) is 4.44. The lowest BCUT2D eigenvalue weighted by atomic mass is 10.2. The number of nitrogens with one attached hydrogen (secondary N) is 1. The molecular formula is C21H18ClF3N2O4S. The summed E-state index contributed by atoms with van der Waals surface area (Å²) < 4.78 is 71.7. The molecule has 0 fully saturated rings. The molecule has 3 rings (SSSR count). The third kappa shape index (κ3) is 5.90. The maximum Gasteiger partial charge on any atom is 0.416 e. The predicted molar refractivity (Wildman–Crippen MR) is 111 cm³/mol. The standard InChI is InChI=1S/C21H18ClF3N2O4S/c22-18-9-8-16(21(23,24)25)11-19(18)32(29,30)27(13-17-7-4-10-31-17)14-20(28)26-12-15-5-2-1-3-6-15/h1-11H,12-14H2,(H,26,28). The van der Waals surface area contributed by atoms with E-state index in [1.165, 1.54) is 18.4 Å². The maximum atomic E-state index is 13.2. The first kappa shape index (κ1) is 23.8. The number of hydrogen-bond donors (Lipinski definition) is 1. The summed E-state index contributed by atoms with van der Waals surface area (Å²) in [5, 5.41) is 2.20. The van der Waals surface area contributed by atoms with Crippen LogP contribution in [-0.4, -0.2) is 25.2 Å². The summed E-state index contributed by atoms with van der Waals surface area (Å²) in [4.78, 5) is 11.7. The fourth-order valence-electron chi connectivity index (χ4n) is 2.83. The van der Waals surface area contributed by atoms with Crippen molar-refractivity contribution in [2.45, 2.75) is 24.2 Å². The van der Waals surface area contributed by atoms with E-state index < -0.39 is 44.1 Å². The average molecular weight is 487 g/mol. The largest absolute Gasteiger partial charge is 0.468 e. The van der Waals surface area contributed by atoms with Gasteiger partial charge in [-0.1, -0.05) is 41.9 Å². The Morgan fingerprint density at radius 2 is 1.78 bits per heavy atom. The molecular weight excluding hydrogens is 469 g/mol. The molecule has 0 spiro atoms. The van der Waals surface area contributed by atoms with Gasteiger partial charge in [0.25, 0.3) is 0 Å². The van der Waals surface area contributed by atoms with E-state index >= 15 is 0 Å². The van der Waals surface area contributed by atoms with Gasteiger partial charge in [-0.2, -0.15) is 17.5 Å². The Hall–Kier alpha value is -2.82. The number of alkyl halides is 3. The summed E-state index contributed by atoms with van der Waals surface area (Å²) in [6, 6.07) is 13.9. The smallest absolute Gasteiger partial charge is 0.416 e. The van der Waals surface area contributed by atoms with Gasteiger partial charge in [-0.05, 0) is 35.9 Å². The van der Waals surface area contributed by atoms with E-state index in [4.69, 9.17) is 16.0 Å². The number of rotatable bonds is 8. The van der Waals surface area contributed by atoms with Crippen LogP contribution < -0.4 is 5.32 Å². The monoisotopic (exact) mass is 486 g/mol. The van der Waals surface area contributed by atoms with E-state index in [9.17, 15) is 26.4 Å².